The molecule has 0 aliphatic rings. The number of aromatic amines is 1. The van der Waals surface area contributed by atoms with E-state index in [0.717, 1.165) is 15.8 Å². The summed E-state index contributed by atoms with van der Waals surface area (Å²) >= 11 is 0. The highest BCUT2D eigenvalue weighted by atomic mass is 16.2. The Morgan fingerprint density at radius 3 is 2.58 bits per heavy atom. The Hall–Kier alpha value is -3.23. The van der Waals surface area contributed by atoms with Crippen molar-refractivity contribution in [3.8, 4) is 0 Å². The molecular weight excluding hydrogens is 310 g/mol. The summed E-state index contributed by atoms with van der Waals surface area (Å²) in [6.07, 6.45) is 0. The van der Waals surface area contributed by atoms with Gasteiger partial charge in [0.2, 0.25) is 0 Å². The van der Waals surface area contributed by atoms with Gasteiger partial charge in [0.25, 0.3) is 11.5 Å². The number of rotatable bonds is 3. The molecular formula is C15H17N7O2. The fourth-order valence-electron chi connectivity index (χ4n) is 2.30. The molecule has 24 heavy (non-hydrogen) atoms. The third-order valence-corrected chi connectivity index (χ3v) is 3.91. The number of H-pyrrole nitrogens is 1. The number of aromatic nitrogens is 4. The van der Waals surface area contributed by atoms with Gasteiger partial charge in [-0.05, 0) is 37.1 Å². The summed E-state index contributed by atoms with van der Waals surface area (Å²) < 4.78 is 2.29. The SMILES string of the molecule is Cc1ccc(NN=Nc2nc3c([nH]2)c(=O)n(C)c(=O)n3C)cc1C. The van der Waals surface area contributed by atoms with Crippen LogP contribution in [0.25, 0.3) is 11.2 Å². The molecule has 0 bridgehead atoms. The molecule has 3 aromatic rings. The number of benzene rings is 1. The second kappa shape index (κ2) is 5.76. The van der Waals surface area contributed by atoms with Crippen LogP contribution in [0, 0.1) is 13.8 Å². The van der Waals surface area contributed by atoms with Crippen LogP contribution in [-0.2, 0) is 14.1 Å². The van der Waals surface area contributed by atoms with Crippen LogP contribution in [0.1, 0.15) is 11.1 Å². The fourth-order valence-corrected chi connectivity index (χ4v) is 2.30. The van der Waals surface area contributed by atoms with Gasteiger partial charge in [-0.2, -0.15) is 4.98 Å². The molecule has 3 rings (SSSR count). The molecule has 0 amide bonds. The average molecular weight is 327 g/mol. The largest absolute Gasteiger partial charge is 0.332 e. The van der Waals surface area contributed by atoms with Crippen molar-refractivity contribution >= 4 is 22.8 Å². The summed E-state index contributed by atoms with van der Waals surface area (Å²) in [7, 11) is 2.95. The van der Waals surface area contributed by atoms with Crippen molar-refractivity contribution in [2.75, 3.05) is 5.43 Å². The first kappa shape index (κ1) is 15.7. The van der Waals surface area contributed by atoms with E-state index in [4.69, 9.17) is 0 Å². The molecule has 124 valence electrons. The van der Waals surface area contributed by atoms with Crippen molar-refractivity contribution in [2.45, 2.75) is 13.8 Å². The van der Waals surface area contributed by atoms with Gasteiger partial charge < -0.3 is 4.98 Å². The van der Waals surface area contributed by atoms with Gasteiger partial charge in [0.05, 0.1) is 5.69 Å². The zero-order chi connectivity index (χ0) is 17.4. The van der Waals surface area contributed by atoms with Crippen LogP contribution in [0.5, 0.6) is 0 Å². The molecule has 0 saturated heterocycles. The first-order valence-corrected chi connectivity index (χ1v) is 7.28. The highest BCUT2D eigenvalue weighted by Gasteiger charge is 2.12. The van der Waals surface area contributed by atoms with Crippen molar-refractivity contribution in [1.29, 1.82) is 0 Å². The monoisotopic (exact) mass is 327 g/mol. The standard InChI is InChI=1S/C15H17N7O2/c1-8-5-6-10(7-9(8)2)18-20-19-14-16-11-12(17-14)21(3)15(24)22(4)13(11)23/h5-7H,1-4H3,(H2,16,17,18,19). The molecule has 0 unspecified atom stereocenters. The minimum atomic E-state index is -0.454. The lowest BCUT2D eigenvalue weighted by Gasteiger charge is -2.02. The van der Waals surface area contributed by atoms with Crippen molar-refractivity contribution in [2.24, 2.45) is 24.4 Å². The summed E-state index contributed by atoms with van der Waals surface area (Å²) in [6.45, 7) is 4.03. The second-order valence-electron chi connectivity index (χ2n) is 5.58. The van der Waals surface area contributed by atoms with E-state index in [1.165, 1.54) is 17.2 Å². The Morgan fingerprint density at radius 1 is 1.12 bits per heavy atom. The Bertz CT molecular complexity index is 1070. The van der Waals surface area contributed by atoms with E-state index in [2.05, 4.69) is 25.7 Å². The minimum Gasteiger partial charge on any atom is -0.315 e. The molecule has 0 aliphatic carbocycles. The third-order valence-electron chi connectivity index (χ3n) is 3.91. The smallest absolute Gasteiger partial charge is 0.315 e. The first-order chi connectivity index (χ1) is 11.4. The maximum Gasteiger partial charge on any atom is 0.332 e. The molecule has 2 heterocycles. The van der Waals surface area contributed by atoms with Crippen LogP contribution in [0.2, 0.25) is 0 Å². The van der Waals surface area contributed by atoms with E-state index >= 15 is 0 Å². The van der Waals surface area contributed by atoms with Crippen LogP contribution in [0.15, 0.2) is 38.1 Å². The summed E-state index contributed by atoms with van der Waals surface area (Å²) in [5.41, 5.74) is 5.46. The van der Waals surface area contributed by atoms with Crippen LogP contribution in [-0.4, -0.2) is 19.1 Å². The summed E-state index contributed by atoms with van der Waals surface area (Å²) in [5.74, 6) is 0.139. The Kier molecular flexibility index (Phi) is 3.76. The van der Waals surface area contributed by atoms with E-state index in [9.17, 15) is 9.59 Å². The van der Waals surface area contributed by atoms with Crippen molar-refractivity contribution in [3.05, 3.63) is 50.2 Å². The molecule has 0 fully saturated rings. The lowest BCUT2D eigenvalue weighted by atomic mass is 10.1. The number of aryl methyl sites for hydroxylation is 3. The van der Waals surface area contributed by atoms with Crippen molar-refractivity contribution < 1.29 is 0 Å². The summed E-state index contributed by atoms with van der Waals surface area (Å²) in [6, 6.07) is 5.82. The molecule has 2 aromatic heterocycles. The zero-order valence-corrected chi connectivity index (χ0v) is 13.8. The predicted molar refractivity (Wildman–Crippen MR) is 90.6 cm³/mol. The van der Waals surface area contributed by atoms with E-state index in [1.54, 1.807) is 7.05 Å². The highest BCUT2D eigenvalue weighted by Crippen LogP contribution is 2.15. The number of nitrogens with one attached hydrogen (secondary N) is 2. The molecule has 9 heteroatoms. The van der Waals surface area contributed by atoms with Gasteiger partial charge in [0, 0.05) is 14.1 Å². The lowest BCUT2D eigenvalue weighted by Crippen LogP contribution is -2.36. The van der Waals surface area contributed by atoms with Crippen LogP contribution < -0.4 is 16.7 Å². The van der Waals surface area contributed by atoms with Gasteiger partial charge >= 0.3 is 5.69 Å². The van der Waals surface area contributed by atoms with E-state index < -0.39 is 11.2 Å². The van der Waals surface area contributed by atoms with Crippen LogP contribution in [0.3, 0.4) is 0 Å². The van der Waals surface area contributed by atoms with Gasteiger partial charge in [0.15, 0.2) is 11.2 Å². The average Bonchev–Trinajstić information content (AvgIpc) is 2.98. The summed E-state index contributed by atoms with van der Waals surface area (Å²) in [5, 5.41) is 7.78. The topological polar surface area (TPSA) is 109 Å². The quantitative estimate of drug-likeness (QED) is 0.563. The Morgan fingerprint density at radius 2 is 1.88 bits per heavy atom. The molecule has 0 atom stereocenters. The number of anilines is 1. The van der Waals surface area contributed by atoms with Gasteiger partial charge in [-0.15, -0.1) is 0 Å². The maximum absolute atomic E-state index is 12.1. The summed E-state index contributed by atoms with van der Waals surface area (Å²) in [4.78, 5) is 30.9. The zero-order valence-electron chi connectivity index (χ0n) is 13.8. The van der Waals surface area contributed by atoms with Gasteiger partial charge in [-0.3, -0.25) is 19.4 Å². The number of imidazole rings is 1. The van der Waals surface area contributed by atoms with Crippen LogP contribution in [0.4, 0.5) is 11.6 Å². The van der Waals surface area contributed by atoms with Crippen molar-refractivity contribution in [3.63, 3.8) is 0 Å². The third kappa shape index (κ3) is 2.60. The fraction of sp³-hybridized carbons (Fsp3) is 0.267. The van der Waals surface area contributed by atoms with Gasteiger partial charge in [0.1, 0.15) is 0 Å². The maximum atomic E-state index is 12.1. The lowest BCUT2D eigenvalue weighted by molar-refractivity contribution is 0.709. The molecule has 1 aromatic carbocycles. The molecule has 9 nitrogen and oxygen atoms in total. The first-order valence-electron chi connectivity index (χ1n) is 7.28. The molecule has 0 aliphatic heterocycles. The number of hydrogen-bond acceptors (Lipinski definition) is 5. The number of nitrogens with zero attached hydrogens (tertiary/aromatic N) is 5. The van der Waals surface area contributed by atoms with E-state index in [-0.39, 0.29) is 17.1 Å². The number of fused-ring (bicyclic) bond motifs is 1. The van der Waals surface area contributed by atoms with Gasteiger partial charge in [-0.25, -0.2) is 4.79 Å². The van der Waals surface area contributed by atoms with Gasteiger partial charge in [-0.1, -0.05) is 16.4 Å². The van der Waals surface area contributed by atoms with E-state index in [0.29, 0.717) is 0 Å². The molecule has 0 spiro atoms. The van der Waals surface area contributed by atoms with Crippen LogP contribution >= 0.6 is 0 Å². The predicted octanol–water partition coefficient (Wildman–Crippen LogP) is 1.69. The second-order valence-corrected chi connectivity index (χ2v) is 5.58. The highest BCUT2D eigenvalue weighted by molar-refractivity contribution is 5.71. The molecule has 0 saturated carbocycles. The minimum absolute atomic E-state index is 0.139. The Labute approximate surface area is 136 Å². The normalized spacial score (nSPS) is 11.5. The molecule has 0 radical (unpaired) electrons. The van der Waals surface area contributed by atoms with Crippen molar-refractivity contribution in [1.82, 2.24) is 19.1 Å². The Balaban J connectivity index is 1.92. The van der Waals surface area contributed by atoms with E-state index in [1.807, 2.05) is 32.0 Å². The number of hydrogen-bond donors (Lipinski definition) is 2. The molecule has 2 N–H and O–H groups in total.